The van der Waals surface area contributed by atoms with Crippen LogP contribution in [0.2, 0.25) is 0 Å². The summed E-state index contributed by atoms with van der Waals surface area (Å²) < 4.78 is 0. The zero-order valence-corrected chi connectivity index (χ0v) is 21.0. The molecule has 0 spiro atoms. The quantitative estimate of drug-likeness (QED) is 0.215. The summed E-state index contributed by atoms with van der Waals surface area (Å²) in [6.45, 7) is 3.65. The van der Waals surface area contributed by atoms with Crippen LogP contribution in [-0.2, 0) is 0 Å². The van der Waals surface area contributed by atoms with Gasteiger partial charge in [0.25, 0.3) is 23.6 Å². The first-order valence-corrected chi connectivity index (χ1v) is 12.0. The molecule has 9 nitrogen and oxygen atoms in total. The molecule has 4 amide bonds. The van der Waals surface area contributed by atoms with Gasteiger partial charge in [0.05, 0.1) is 28.2 Å². The van der Waals surface area contributed by atoms with Crippen molar-refractivity contribution in [3.05, 3.63) is 112 Å². The molecule has 0 aromatic heterocycles. The lowest BCUT2D eigenvalue weighted by Crippen LogP contribution is -2.29. The Morgan fingerprint density at radius 2 is 1.10 bits per heavy atom. The Morgan fingerprint density at radius 3 is 1.67 bits per heavy atom. The molecule has 0 radical (unpaired) electrons. The van der Waals surface area contributed by atoms with Crippen LogP contribution in [0, 0.1) is 13.8 Å². The average molecular weight is 522 g/mol. The first-order chi connectivity index (χ1) is 18.6. The molecule has 194 valence electrons. The molecule has 4 aromatic rings. The third-order valence-corrected chi connectivity index (χ3v) is 6.34. The number of aromatic hydroxyl groups is 2. The van der Waals surface area contributed by atoms with E-state index in [1.54, 1.807) is 24.3 Å². The van der Waals surface area contributed by atoms with Crippen molar-refractivity contribution in [1.29, 1.82) is 0 Å². The minimum absolute atomic E-state index is 0.0675. The van der Waals surface area contributed by atoms with E-state index >= 15 is 0 Å². The summed E-state index contributed by atoms with van der Waals surface area (Å²) in [5.74, 6) is -2.35. The molecular formula is C30H23N3O6. The second kappa shape index (κ2) is 9.79. The standard InChI is InChI=1S/C30H23N3O6/c1-16-3-11-25(34)23(13-16)31-27(36)18-5-8-20(9-6-18)33-29(38)21-10-7-19(15-22(21)30(33)39)28(37)32-24-14-17(2)4-12-26(24)35/h3-15,34-35H,1-2H3,(H,31,36)(H,32,37). The van der Waals surface area contributed by atoms with E-state index in [-0.39, 0.29) is 50.8 Å². The Labute approximate surface area is 223 Å². The van der Waals surface area contributed by atoms with E-state index in [1.807, 2.05) is 13.8 Å². The van der Waals surface area contributed by atoms with Crippen LogP contribution in [0.4, 0.5) is 17.1 Å². The molecule has 1 heterocycles. The smallest absolute Gasteiger partial charge is 0.266 e. The van der Waals surface area contributed by atoms with Crippen molar-refractivity contribution in [2.75, 3.05) is 15.5 Å². The van der Waals surface area contributed by atoms with Crippen LogP contribution in [0.25, 0.3) is 0 Å². The number of hydrogen-bond donors (Lipinski definition) is 4. The van der Waals surface area contributed by atoms with Crippen LogP contribution in [0.15, 0.2) is 78.9 Å². The van der Waals surface area contributed by atoms with Crippen LogP contribution < -0.4 is 15.5 Å². The summed E-state index contributed by atoms with van der Waals surface area (Å²) in [5, 5.41) is 25.3. The number of nitrogens with zero attached hydrogens (tertiary/aromatic N) is 1. The second-order valence-electron chi connectivity index (χ2n) is 9.20. The van der Waals surface area contributed by atoms with E-state index < -0.39 is 23.6 Å². The lowest BCUT2D eigenvalue weighted by Gasteiger charge is -2.14. The number of aryl methyl sites for hydroxylation is 2. The molecule has 4 N–H and O–H groups in total. The molecule has 4 aromatic carbocycles. The van der Waals surface area contributed by atoms with Gasteiger partial charge in [0, 0.05) is 11.1 Å². The first-order valence-electron chi connectivity index (χ1n) is 12.0. The maximum Gasteiger partial charge on any atom is 0.266 e. The van der Waals surface area contributed by atoms with Gasteiger partial charge in [0.15, 0.2) is 0 Å². The van der Waals surface area contributed by atoms with Gasteiger partial charge in [0.2, 0.25) is 0 Å². The van der Waals surface area contributed by atoms with Crippen molar-refractivity contribution in [3.63, 3.8) is 0 Å². The predicted octanol–water partition coefficient (Wildman–Crippen LogP) is 5.02. The van der Waals surface area contributed by atoms with E-state index in [4.69, 9.17) is 0 Å². The Hall–Kier alpha value is -5.44. The third-order valence-electron chi connectivity index (χ3n) is 6.34. The van der Waals surface area contributed by atoms with Crippen molar-refractivity contribution in [1.82, 2.24) is 0 Å². The Bertz CT molecular complexity index is 1680. The van der Waals surface area contributed by atoms with E-state index in [0.29, 0.717) is 0 Å². The van der Waals surface area contributed by atoms with Crippen molar-refractivity contribution in [3.8, 4) is 11.5 Å². The molecule has 1 aliphatic heterocycles. The van der Waals surface area contributed by atoms with E-state index in [2.05, 4.69) is 10.6 Å². The highest BCUT2D eigenvalue weighted by Gasteiger charge is 2.37. The SMILES string of the molecule is Cc1ccc(O)c(NC(=O)c2ccc(N3C(=O)c4ccc(C(=O)Nc5cc(C)ccc5O)cc4C3=O)cc2)c1. The average Bonchev–Trinajstić information content (AvgIpc) is 3.17. The van der Waals surface area contributed by atoms with E-state index in [9.17, 15) is 29.4 Å². The van der Waals surface area contributed by atoms with Gasteiger partial charge in [-0.2, -0.15) is 0 Å². The Kier molecular flexibility index (Phi) is 6.33. The Morgan fingerprint density at radius 1 is 0.615 bits per heavy atom. The fraction of sp³-hybridized carbons (Fsp3) is 0.0667. The topological polar surface area (TPSA) is 136 Å². The van der Waals surface area contributed by atoms with Crippen LogP contribution >= 0.6 is 0 Å². The number of nitrogens with one attached hydrogen (secondary N) is 2. The normalized spacial score (nSPS) is 12.3. The summed E-state index contributed by atoms with van der Waals surface area (Å²) in [5.41, 5.74) is 3.06. The van der Waals surface area contributed by atoms with Crippen LogP contribution in [0.1, 0.15) is 52.6 Å². The number of benzene rings is 4. The zero-order chi connectivity index (χ0) is 27.8. The molecule has 1 aliphatic rings. The number of carbonyl (C=O) groups is 4. The van der Waals surface area contributed by atoms with Gasteiger partial charge in [-0.15, -0.1) is 0 Å². The monoisotopic (exact) mass is 521 g/mol. The van der Waals surface area contributed by atoms with Crippen molar-refractivity contribution >= 4 is 40.7 Å². The zero-order valence-electron chi connectivity index (χ0n) is 21.0. The van der Waals surface area contributed by atoms with Gasteiger partial charge in [-0.05, 0) is 91.7 Å². The summed E-state index contributed by atoms with van der Waals surface area (Å²) in [4.78, 5) is 52.7. The van der Waals surface area contributed by atoms with Crippen molar-refractivity contribution in [2.24, 2.45) is 0 Å². The Balaban J connectivity index is 1.34. The van der Waals surface area contributed by atoms with Crippen LogP contribution in [0.5, 0.6) is 11.5 Å². The van der Waals surface area contributed by atoms with Gasteiger partial charge < -0.3 is 20.8 Å². The molecular weight excluding hydrogens is 498 g/mol. The minimum Gasteiger partial charge on any atom is -0.506 e. The first kappa shape index (κ1) is 25.2. The molecule has 39 heavy (non-hydrogen) atoms. The van der Waals surface area contributed by atoms with Crippen LogP contribution in [-0.4, -0.2) is 33.8 Å². The minimum atomic E-state index is -0.607. The van der Waals surface area contributed by atoms with Crippen LogP contribution in [0.3, 0.4) is 0 Å². The highest BCUT2D eigenvalue weighted by molar-refractivity contribution is 6.34. The molecule has 0 saturated heterocycles. The molecule has 0 bridgehead atoms. The number of hydrogen-bond acceptors (Lipinski definition) is 6. The maximum absolute atomic E-state index is 13.2. The molecule has 0 fully saturated rings. The predicted molar refractivity (Wildman–Crippen MR) is 146 cm³/mol. The summed E-state index contributed by atoms with van der Waals surface area (Å²) >= 11 is 0. The van der Waals surface area contributed by atoms with E-state index in [0.717, 1.165) is 16.0 Å². The van der Waals surface area contributed by atoms with Gasteiger partial charge in [0.1, 0.15) is 11.5 Å². The van der Waals surface area contributed by atoms with E-state index in [1.165, 1.54) is 54.6 Å². The molecule has 0 unspecified atom stereocenters. The summed E-state index contributed by atoms with van der Waals surface area (Å²) in [6.07, 6.45) is 0. The molecule has 5 rings (SSSR count). The van der Waals surface area contributed by atoms with Gasteiger partial charge in [-0.1, -0.05) is 12.1 Å². The molecule has 0 aliphatic carbocycles. The number of imide groups is 1. The molecule has 0 saturated carbocycles. The molecule has 9 heteroatoms. The summed E-state index contributed by atoms with van der Waals surface area (Å²) in [7, 11) is 0. The number of rotatable bonds is 5. The number of amides is 4. The fourth-order valence-electron chi connectivity index (χ4n) is 4.27. The van der Waals surface area contributed by atoms with Gasteiger partial charge >= 0.3 is 0 Å². The highest BCUT2D eigenvalue weighted by Crippen LogP contribution is 2.31. The number of anilines is 3. The fourth-order valence-corrected chi connectivity index (χ4v) is 4.27. The number of carbonyl (C=O) groups excluding carboxylic acids is 4. The van der Waals surface area contributed by atoms with Gasteiger partial charge in [-0.3, -0.25) is 19.2 Å². The lowest BCUT2D eigenvalue weighted by atomic mass is 10.1. The number of fused-ring (bicyclic) bond motifs is 1. The van der Waals surface area contributed by atoms with Crippen molar-refractivity contribution in [2.45, 2.75) is 13.8 Å². The summed E-state index contributed by atoms with van der Waals surface area (Å²) in [6, 6.07) is 19.7. The molecule has 0 atom stereocenters. The van der Waals surface area contributed by atoms with Gasteiger partial charge in [-0.25, -0.2) is 4.90 Å². The second-order valence-corrected chi connectivity index (χ2v) is 9.20. The van der Waals surface area contributed by atoms with Crippen molar-refractivity contribution < 1.29 is 29.4 Å². The largest absolute Gasteiger partial charge is 0.506 e. The maximum atomic E-state index is 13.2. The number of phenols is 2. The lowest BCUT2D eigenvalue weighted by molar-refractivity contribution is 0.0924. The highest BCUT2D eigenvalue weighted by atomic mass is 16.3. The third kappa shape index (κ3) is 4.80. The number of phenolic OH excluding ortho intramolecular Hbond substituents is 2.